The smallest absolute Gasteiger partial charge is 0.269 e. The first kappa shape index (κ1) is 21.0. The van der Waals surface area contributed by atoms with Crippen LogP contribution in [0.1, 0.15) is 32.4 Å². The Balaban J connectivity index is 3.41. The summed E-state index contributed by atoms with van der Waals surface area (Å²) in [6, 6.07) is 3.77. The van der Waals surface area contributed by atoms with Gasteiger partial charge in [0.15, 0.2) is 6.10 Å². The Morgan fingerprint density at radius 3 is 2.32 bits per heavy atom. The Bertz CT molecular complexity index is 755. The summed E-state index contributed by atoms with van der Waals surface area (Å²) in [5.74, 6) is -0.729. The number of benzene rings is 1. The normalized spacial score (nSPS) is 14.6. The summed E-state index contributed by atoms with van der Waals surface area (Å²) in [7, 11) is -1.11. The minimum absolute atomic E-state index is 0.115. The Kier molecular flexibility index (Phi) is 6.27. The highest BCUT2D eigenvalue weighted by molar-refractivity contribution is 7.90. The minimum Gasteiger partial charge on any atom is -0.381 e. The summed E-state index contributed by atoms with van der Waals surface area (Å²) < 4.78 is 26.0. The number of rotatable bonds is 6. The van der Waals surface area contributed by atoms with E-state index in [1.165, 1.54) is 53.1 Å². The van der Waals surface area contributed by atoms with E-state index in [1.807, 2.05) is 0 Å². The summed E-state index contributed by atoms with van der Waals surface area (Å²) in [6.07, 6.45) is -1.74. The lowest BCUT2D eigenvalue weighted by atomic mass is 10.0. The number of aliphatic hydroxyl groups excluding tert-OH is 1. The molecule has 0 saturated heterocycles. The second kappa shape index (κ2) is 7.46. The van der Waals surface area contributed by atoms with Crippen molar-refractivity contribution in [2.45, 2.75) is 37.7 Å². The summed E-state index contributed by atoms with van der Waals surface area (Å²) in [6.45, 7) is 4.37. The number of carbonyl (C=O) groups is 1. The number of non-ortho nitro benzene ring substituents is 1. The van der Waals surface area contributed by atoms with Crippen LogP contribution in [0.3, 0.4) is 0 Å². The third-order valence-corrected chi connectivity index (χ3v) is 5.71. The van der Waals surface area contributed by atoms with Crippen molar-refractivity contribution in [2.75, 3.05) is 14.1 Å². The third-order valence-electron chi connectivity index (χ3n) is 3.54. The molecule has 2 N–H and O–H groups in total. The van der Waals surface area contributed by atoms with E-state index in [-0.39, 0.29) is 11.3 Å². The number of nitrogens with one attached hydrogen (secondary N) is 1. The average molecular weight is 373 g/mol. The maximum Gasteiger partial charge on any atom is 0.269 e. The minimum atomic E-state index is -3.93. The summed E-state index contributed by atoms with van der Waals surface area (Å²) in [4.78, 5) is 23.6. The monoisotopic (exact) mass is 373 g/mol. The van der Waals surface area contributed by atoms with Crippen LogP contribution in [0, 0.1) is 10.1 Å². The Hall–Kier alpha value is -2.04. The first-order valence-corrected chi connectivity index (χ1v) is 8.91. The van der Waals surface area contributed by atoms with E-state index in [9.17, 15) is 28.4 Å². The molecule has 0 bridgehead atoms. The number of nitro groups is 1. The van der Waals surface area contributed by atoms with Crippen molar-refractivity contribution in [2.24, 2.45) is 0 Å². The van der Waals surface area contributed by atoms with Crippen LogP contribution >= 0.6 is 0 Å². The molecule has 0 aliphatic carbocycles. The molecule has 0 aliphatic rings. The zero-order valence-electron chi connectivity index (χ0n) is 14.8. The standard InChI is InChI=1S/C15H23N3O6S/c1-15(2,3)25(23,24)16-12(13(19)14(20)17(4)5)10-7-6-8-11(9-10)18(21)22/h6-9,12-13,16,19H,1-5H3/t12-,13+/m1/s1. The number of carbonyl (C=O) groups excluding carboxylic acids is 1. The van der Waals surface area contributed by atoms with E-state index in [2.05, 4.69) is 4.72 Å². The first-order valence-electron chi connectivity index (χ1n) is 7.43. The van der Waals surface area contributed by atoms with Crippen molar-refractivity contribution in [1.82, 2.24) is 9.62 Å². The van der Waals surface area contributed by atoms with Crippen molar-refractivity contribution in [3.63, 3.8) is 0 Å². The molecule has 0 unspecified atom stereocenters. The zero-order chi connectivity index (χ0) is 19.6. The quantitative estimate of drug-likeness (QED) is 0.560. The second-order valence-corrected chi connectivity index (χ2v) is 9.21. The number of hydrogen-bond acceptors (Lipinski definition) is 6. The molecule has 0 aromatic heterocycles. The molecule has 1 rings (SSSR count). The highest BCUT2D eigenvalue weighted by Crippen LogP contribution is 2.26. The molecule has 1 amide bonds. The zero-order valence-corrected chi connectivity index (χ0v) is 15.6. The molecular weight excluding hydrogens is 350 g/mol. The lowest BCUT2D eigenvalue weighted by Crippen LogP contribution is -2.48. The summed E-state index contributed by atoms with van der Waals surface area (Å²) >= 11 is 0. The van der Waals surface area contributed by atoms with Crippen molar-refractivity contribution in [3.05, 3.63) is 39.9 Å². The van der Waals surface area contributed by atoms with Gasteiger partial charge in [-0.3, -0.25) is 14.9 Å². The Morgan fingerprint density at radius 1 is 1.32 bits per heavy atom. The van der Waals surface area contributed by atoms with Gasteiger partial charge in [0.2, 0.25) is 10.0 Å². The van der Waals surface area contributed by atoms with Gasteiger partial charge in [-0.05, 0) is 26.3 Å². The summed E-state index contributed by atoms with van der Waals surface area (Å²) in [5, 5.41) is 21.3. The van der Waals surface area contributed by atoms with E-state index in [1.54, 1.807) is 0 Å². The summed E-state index contributed by atoms with van der Waals surface area (Å²) in [5.41, 5.74) is -0.160. The molecule has 140 valence electrons. The highest BCUT2D eigenvalue weighted by Gasteiger charge is 2.37. The Morgan fingerprint density at radius 2 is 1.88 bits per heavy atom. The SMILES string of the molecule is CN(C)C(=O)[C@@H](O)[C@H](NS(=O)(=O)C(C)(C)C)c1cccc([N+](=O)[O-])c1. The van der Waals surface area contributed by atoms with Crippen LogP contribution in [0.2, 0.25) is 0 Å². The number of sulfonamides is 1. The fraction of sp³-hybridized carbons (Fsp3) is 0.533. The predicted octanol–water partition coefficient (Wildman–Crippen LogP) is 0.803. The number of aliphatic hydroxyl groups is 1. The van der Waals surface area contributed by atoms with Crippen molar-refractivity contribution < 1.29 is 23.2 Å². The van der Waals surface area contributed by atoms with E-state index < -0.39 is 37.7 Å². The molecule has 25 heavy (non-hydrogen) atoms. The lowest BCUT2D eigenvalue weighted by molar-refractivity contribution is -0.384. The maximum atomic E-state index is 12.5. The van der Waals surface area contributed by atoms with Gasteiger partial charge in [0.05, 0.1) is 15.7 Å². The van der Waals surface area contributed by atoms with Gasteiger partial charge >= 0.3 is 0 Å². The number of nitro benzene ring substituents is 1. The van der Waals surface area contributed by atoms with E-state index >= 15 is 0 Å². The van der Waals surface area contributed by atoms with Crippen LogP contribution < -0.4 is 4.72 Å². The number of likely N-dealkylation sites (N-methyl/N-ethyl adjacent to an activating group) is 1. The molecule has 1 aromatic rings. The van der Waals surface area contributed by atoms with Crippen LogP contribution in [-0.4, -0.2) is 54.2 Å². The topological polar surface area (TPSA) is 130 Å². The van der Waals surface area contributed by atoms with Gasteiger partial charge < -0.3 is 10.0 Å². The van der Waals surface area contributed by atoms with Gasteiger partial charge in [-0.15, -0.1) is 0 Å². The molecule has 0 fully saturated rings. The molecular formula is C15H23N3O6S. The van der Waals surface area contributed by atoms with E-state index in [0.29, 0.717) is 0 Å². The van der Waals surface area contributed by atoms with Crippen molar-refractivity contribution in [3.8, 4) is 0 Å². The van der Waals surface area contributed by atoms with Crippen LogP contribution in [0.4, 0.5) is 5.69 Å². The lowest BCUT2D eigenvalue weighted by Gasteiger charge is -2.29. The largest absolute Gasteiger partial charge is 0.381 e. The maximum absolute atomic E-state index is 12.5. The van der Waals surface area contributed by atoms with Crippen LogP contribution in [0.5, 0.6) is 0 Å². The fourth-order valence-electron chi connectivity index (χ4n) is 1.90. The predicted molar refractivity (Wildman–Crippen MR) is 92.3 cm³/mol. The second-order valence-electron chi connectivity index (χ2n) is 6.74. The first-order chi connectivity index (χ1) is 11.3. The molecule has 0 saturated carbocycles. The average Bonchev–Trinajstić information content (AvgIpc) is 2.50. The molecule has 0 aliphatic heterocycles. The van der Waals surface area contributed by atoms with Gasteiger partial charge in [0.25, 0.3) is 11.6 Å². The molecule has 0 radical (unpaired) electrons. The van der Waals surface area contributed by atoms with E-state index in [0.717, 1.165) is 11.0 Å². The molecule has 0 heterocycles. The highest BCUT2D eigenvalue weighted by atomic mass is 32.2. The van der Waals surface area contributed by atoms with Gasteiger partial charge in [-0.1, -0.05) is 12.1 Å². The third kappa shape index (κ3) is 4.97. The molecule has 0 spiro atoms. The van der Waals surface area contributed by atoms with Crippen molar-refractivity contribution >= 4 is 21.6 Å². The molecule has 9 nitrogen and oxygen atoms in total. The van der Waals surface area contributed by atoms with Gasteiger partial charge in [-0.25, -0.2) is 13.1 Å². The van der Waals surface area contributed by atoms with E-state index in [4.69, 9.17) is 0 Å². The van der Waals surface area contributed by atoms with Crippen LogP contribution in [-0.2, 0) is 14.8 Å². The van der Waals surface area contributed by atoms with Crippen LogP contribution in [0.25, 0.3) is 0 Å². The van der Waals surface area contributed by atoms with Crippen LogP contribution in [0.15, 0.2) is 24.3 Å². The number of nitrogens with zero attached hydrogens (tertiary/aromatic N) is 2. The number of amides is 1. The van der Waals surface area contributed by atoms with Gasteiger partial charge in [0, 0.05) is 26.2 Å². The van der Waals surface area contributed by atoms with Gasteiger partial charge in [0.1, 0.15) is 0 Å². The van der Waals surface area contributed by atoms with Gasteiger partial charge in [-0.2, -0.15) is 0 Å². The van der Waals surface area contributed by atoms with Crippen molar-refractivity contribution in [1.29, 1.82) is 0 Å². The number of hydrogen-bond donors (Lipinski definition) is 2. The Labute approximate surface area is 146 Å². The molecule has 10 heteroatoms. The molecule has 2 atom stereocenters. The molecule has 1 aromatic carbocycles. The fourth-order valence-corrected chi connectivity index (χ4v) is 2.85.